The molecular weight excluding hydrogens is 413 g/mol. The molecule has 8 heteroatoms. The fraction of sp³-hybridized carbons (Fsp3) is 0.357. The summed E-state index contributed by atoms with van der Waals surface area (Å²) in [4.78, 5) is 3.17. The summed E-state index contributed by atoms with van der Waals surface area (Å²) in [6.07, 6.45) is 0. The van der Waals surface area contributed by atoms with Crippen LogP contribution in [-0.2, 0) is 11.3 Å². The first kappa shape index (κ1) is 14.5. The number of hydrogen-bond donors (Lipinski definition) is 0. The Morgan fingerprint density at radius 3 is 2.91 bits per heavy atom. The number of halogens is 1. The van der Waals surface area contributed by atoms with Crippen molar-refractivity contribution in [2.24, 2.45) is 0 Å². The van der Waals surface area contributed by atoms with Crippen LogP contribution >= 0.6 is 33.9 Å². The molecule has 4 rings (SSSR count). The van der Waals surface area contributed by atoms with E-state index < -0.39 is 0 Å². The topological polar surface area (TPSA) is 55.5 Å². The predicted molar refractivity (Wildman–Crippen MR) is 92.9 cm³/mol. The lowest BCUT2D eigenvalue weighted by molar-refractivity contribution is 0.0328. The zero-order valence-electron chi connectivity index (χ0n) is 11.8. The van der Waals surface area contributed by atoms with Crippen molar-refractivity contribution in [3.63, 3.8) is 0 Å². The summed E-state index contributed by atoms with van der Waals surface area (Å²) < 4.78 is 8.45. The lowest BCUT2D eigenvalue weighted by atomic mass is 10.2. The van der Waals surface area contributed by atoms with Crippen molar-refractivity contribution >= 4 is 38.9 Å². The van der Waals surface area contributed by atoms with Gasteiger partial charge in [0.15, 0.2) is 5.82 Å². The molecule has 3 heterocycles. The third kappa shape index (κ3) is 2.87. The van der Waals surface area contributed by atoms with Gasteiger partial charge in [-0.15, -0.1) is 10.2 Å². The maximum Gasteiger partial charge on any atom is 0.235 e. The second-order valence-corrected chi connectivity index (χ2v) is 7.32. The highest BCUT2D eigenvalue weighted by Gasteiger charge is 2.17. The molecule has 1 aliphatic heterocycles. The van der Waals surface area contributed by atoms with Crippen LogP contribution in [0.25, 0.3) is 15.5 Å². The third-order valence-corrected chi connectivity index (χ3v) is 5.21. The van der Waals surface area contributed by atoms with Crippen LogP contribution in [0.15, 0.2) is 24.3 Å². The highest BCUT2D eigenvalue weighted by molar-refractivity contribution is 14.1. The Morgan fingerprint density at radius 2 is 2.09 bits per heavy atom. The molecule has 0 atom stereocenters. The number of hydrogen-bond acceptors (Lipinski definition) is 6. The van der Waals surface area contributed by atoms with E-state index in [1.54, 1.807) is 11.3 Å². The molecule has 3 aromatic rings. The van der Waals surface area contributed by atoms with E-state index in [0.29, 0.717) is 0 Å². The molecule has 1 fully saturated rings. The maximum atomic E-state index is 5.38. The Labute approximate surface area is 145 Å². The van der Waals surface area contributed by atoms with Crippen molar-refractivity contribution in [2.45, 2.75) is 6.54 Å². The summed E-state index contributed by atoms with van der Waals surface area (Å²) in [5.74, 6) is 0.894. The monoisotopic (exact) mass is 427 g/mol. The molecule has 2 aromatic heterocycles. The molecule has 0 radical (unpaired) electrons. The summed E-state index contributed by atoms with van der Waals surface area (Å²) in [5.41, 5.74) is 1.12. The van der Waals surface area contributed by atoms with E-state index in [1.807, 2.05) is 10.6 Å². The lowest BCUT2D eigenvalue weighted by Crippen LogP contribution is -2.36. The molecule has 114 valence electrons. The zero-order chi connectivity index (χ0) is 14.9. The van der Waals surface area contributed by atoms with E-state index in [9.17, 15) is 0 Å². The van der Waals surface area contributed by atoms with Crippen molar-refractivity contribution in [3.05, 3.63) is 33.7 Å². The number of fused-ring (bicyclic) bond motifs is 1. The average Bonchev–Trinajstić information content (AvgIpc) is 3.11. The number of benzene rings is 1. The summed E-state index contributed by atoms with van der Waals surface area (Å²) in [7, 11) is 0. The van der Waals surface area contributed by atoms with Gasteiger partial charge in [0.05, 0.1) is 19.8 Å². The SMILES string of the molecule is Ic1cccc(-c2nn3c(CN4CCOCC4)nnc3s2)c1. The van der Waals surface area contributed by atoms with E-state index in [2.05, 4.69) is 55.9 Å². The molecule has 1 aromatic carbocycles. The second-order valence-electron chi connectivity index (χ2n) is 5.12. The fourth-order valence-corrected chi connectivity index (χ4v) is 3.85. The fourth-order valence-electron chi connectivity index (χ4n) is 2.45. The van der Waals surface area contributed by atoms with Crippen LogP contribution < -0.4 is 0 Å². The first-order valence-corrected chi connectivity index (χ1v) is 8.96. The molecule has 22 heavy (non-hydrogen) atoms. The van der Waals surface area contributed by atoms with E-state index in [1.165, 1.54) is 3.57 Å². The second kappa shape index (κ2) is 6.19. The molecule has 1 saturated heterocycles. The van der Waals surface area contributed by atoms with Crippen molar-refractivity contribution in [2.75, 3.05) is 26.3 Å². The van der Waals surface area contributed by atoms with Gasteiger partial charge in [0, 0.05) is 22.2 Å². The van der Waals surface area contributed by atoms with Crippen LogP contribution in [0.5, 0.6) is 0 Å². The molecule has 0 aliphatic carbocycles. The van der Waals surface area contributed by atoms with E-state index in [-0.39, 0.29) is 0 Å². The van der Waals surface area contributed by atoms with Crippen LogP contribution in [-0.4, -0.2) is 51.0 Å². The average molecular weight is 427 g/mol. The van der Waals surface area contributed by atoms with E-state index in [0.717, 1.165) is 54.2 Å². The summed E-state index contributed by atoms with van der Waals surface area (Å²) >= 11 is 3.89. The highest BCUT2D eigenvalue weighted by atomic mass is 127. The number of morpholine rings is 1. The quantitative estimate of drug-likeness (QED) is 0.601. The van der Waals surface area contributed by atoms with Crippen LogP contribution in [0.1, 0.15) is 5.82 Å². The van der Waals surface area contributed by atoms with Gasteiger partial charge in [-0.2, -0.15) is 9.61 Å². The van der Waals surface area contributed by atoms with Crippen LogP contribution in [0.4, 0.5) is 0 Å². The summed E-state index contributed by atoms with van der Waals surface area (Å²) in [6.45, 7) is 4.20. The van der Waals surface area contributed by atoms with Gasteiger partial charge in [-0.25, -0.2) is 0 Å². The van der Waals surface area contributed by atoms with Crippen LogP contribution in [0.3, 0.4) is 0 Å². The third-order valence-electron chi connectivity index (χ3n) is 3.60. The molecule has 0 bridgehead atoms. The van der Waals surface area contributed by atoms with Crippen LogP contribution in [0, 0.1) is 3.57 Å². The molecule has 0 amide bonds. The van der Waals surface area contributed by atoms with Gasteiger partial charge in [0.25, 0.3) is 0 Å². The lowest BCUT2D eigenvalue weighted by Gasteiger charge is -2.25. The normalized spacial score (nSPS) is 16.4. The molecular formula is C14H14IN5OS. The van der Waals surface area contributed by atoms with Crippen LogP contribution in [0.2, 0.25) is 0 Å². The smallest absolute Gasteiger partial charge is 0.235 e. The number of aromatic nitrogens is 4. The minimum absolute atomic E-state index is 0.764. The van der Waals surface area contributed by atoms with E-state index in [4.69, 9.17) is 9.84 Å². The van der Waals surface area contributed by atoms with Gasteiger partial charge >= 0.3 is 0 Å². The standard InChI is InChI=1S/C14H14IN5OS/c15-11-3-1-2-10(8-11)13-18-20-12(16-17-14(20)22-13)9-19-4-6-21-7-5-19/h1-3,8H,4-7,9H2. The van der Waals surface area contributed by atoms with Crippen molar-refractivity contribution in [1.29, 1.82) is 0 Å². The highest BCUT2D eigenvalue weighted by Crippen LogP contribution is 2.26. The largest absolute Gasteiger partial charge is 0.379 e. The molecule has 1 aliphatic rings. The first-order chi connectivity index (χ1) is 10.8. The Morgan fingerprint density at radius 1 is 1.23 bits per heavy atom. The first-order valence-electron chi connectivity index (χ1n) is 7.07. The van der Waals surface area contributed by atoms with Crippen molar-refractivity contribution < 1.29 is 4.74 Å². The summed E-state index contributed by atoms with van der Waals surface area (Å²) in [6, 6.07) is 8.34. The number of rotatable bonds is 3. The minimum atomic E-state index is 0.764. The molecule has 0 saturated carbocycles. The Hall–Kier alpha value is -1.10. The molecule has 0 N–H and O–H groups in total. The molecule has 0 spiro atoms. The van der Waals surface area contributed by atoms with Gasteiger partial charge in [-0.3, -0.25) is 4.90 Å². The molecule has 0 unspecified atom stereocenters. The van der Waals surface area contributed by atoms with Crippen molar-refractivity contribution in [1.82, 2.24) is 24.7 Å². The van der Waals surface area contributed by atoms with Crippen molar-refractivity contribution in [3.8, 4) is 10.6 Å². The summed E-state index contributed by atoms with van der Waals surface area (Å²) in [5, 5.41) is 14.2. The Kier molecular flexibility index (Phi) is 4.07. The Balaban J connectivity index is 1.64. The van der Waals surface area contributed by atoms with Gasteiger partial charge in [-0.1, -0.05) is 23.5 Å². The number of ether oxygens (including phenoxy) is 1. The van der Waals surface area contributed by atoms with E-state index >= 15 is 0 Å². The van der Waals surface area contributed by atoms with Gasteiger partial charge in [0.2, 0.25) is 4.96 Å². The maximum absolute atomic E-state index is 5.38. The molecule has 6 nitrogen and oxygen atoms in total. The predicted octanol–water partition coefficient (Wildman–Crippen LogP) is 2.29. The Bertz CT molecular complexity index is 795. The van der Waals surface area contributed by atoms with Gasteiger partial charge in [-0.05, 0) is 34.7 Å². The van der Waals surface area contributed by atoms with Gasteiger partial charge < -0.3 is 4.74 Å². The minimum Gasteiger partial charge on any atom is -0.379 e. The van der Waals surface area contributed by atoms with Gasteiger partial charge in [0.1, 0.15) is 5.01 Å². The zero-order valence-corrected chi connectivity index (χ0v) is 14.7. The number of nitrogens with zero attached hydrogens (tertiary/aromatic N) is 5.